The number of aliphatic hydroxyl groups excluding tert-OH is 1. The topological polar surface area (TPSA) is 79.7 Å². The number of benzene rings is 3. The molecule has 194 valence electrons. The van der Waals surface area contributed by atoms with Crippen molar-refractivity contribution in [3.8, 4) is 5.75 Å². The Kier molecular flexibility index (Phi) is 7.23. The van der Waals surface area contributed by atoms with E-state index in [1.807, 2.05) is 50.2 Å². The number of fused-ring (bicyclic) bond motifs is 1. The fourth-order valence-corrected chi connectivity index (χ4v) is 5.97. The molecule has 1 amide bonds. The Morgan fingerprint density at radius 1 is 1.11 bits per heavy atom. The average molecular weight is 547 g/mol. The molecule has 0 aliphatic carbocycles. The minimum absolute atomic E-state index is 0.00445. The molecule has 6 nitrogen and oxygen atoms in total. The SMILES string of the molecule is CCCCOc1cccc(C2/C(=C(\O)c3ccc(Cl)cc3)C(=O)C(=O)N2c2nc3c(C)cc(C)cc3s2)c1. The van der Waals surface area contributed by atoms with Crippen LogP contribution in [-0.2, 0) is 9.59 Å². The van der Waals surface area contributed by atoms with Crippen LogP contribution in [0.15, 0.2) is 66.2 Å². The highest BCUT2D eigenvalue weighted by Crippen LogP contribution is 2.45. The molecule has 0 radical (unpaired) electrons. The third-order valence-corrected chi connectivity index (χ3v) is 7.78. The van der Waals surface area contributed by atoms with E-state index in [1.165, 1.54) is 16.2 Å². The lowest BCUT2D eigenvalue weighted by Crippen LogP contribution is -2.29. The molecule has 1 saturated heterocycles. The summed E-state index contributed by atoms with van der Waals surface area (Å²) in [6.07, 6.45) is 1.90. The Hall–Kier alpha value is -3.68. The zero-order valence-corrected chi connectivity index (χ0v) is 22.9. The van der Waals surface area contributed by atoms with Gasteiger partial charge >= 0.3 is 5.91 Å². The van der Waals surface area contributed by atoms with Crippen LogP contribution in [0.1, 0.15) is 48.1 Å². The van der Waals surface area contributed by atoms with Crippen molar-refractivity contribution in [1.82, 2.24) is 4.98 Å². The summed E-state index contributed by atoms with van der Waals surface area (Å²) >= 11 is 7.39. The number of aryl methyl sites for hydroxylation is 2. The molecule has 3 aromatic carbocycles. The van der Waals surface area contributed by atoms with Gasteiger partial charge in [0.2, 0.25) is 0 Å². The van der Waals surface area contributed by atoms with Crippen molar-refractivity contribution in [3.05, 3.63) is 93.5 Å². The first-order chi connectivity index (χ1) is 18.3. The summed E-state index contributed by atoms with van der Waals surface area (Å²) in [5.41, 5.74) is 3.89. The molecule has 1 fully saturated rings. The third kappa shape index (κ3) is 4.79. The minimum atomic E-state index is -0.887. The quantitative estimate of drug-likeness (QED) is 0.113. The second kappa shape index (κ2) is 10.6. The molecule has 0 saturated carbocycles. The summed E-state index contributed by atoms with van der Waals surface area (Å²) in [6.45, 7) is 6.63. The van der Waals surface area contributed by atoms with Gasteiger partial charge in [0.05, 0.1) is 28.4 Å². The highest BCUT2D eigenvalue weighted by Gasteiger charge is 2.48. The van der Waals surface area contributed by atoms with Crippen LogP contribution in [0.2, 0.25) is 5.02 Å². The molecule has 5 rings (SSSR count). The first kappa shape index (κ1) is 25.9. The van der Waals surface area contributed by atoms with Gasteiger partial charge in [0.25, 0.3) is 5.78 Å². The molecule has 38 heavy (non-hydrogen) atoms. The lowest BCUT2D eigenvalue weighted by molar-refractivity contribution is -0.132. The molecule has 1 aromatic heterocycles. The number of aliphatic hydroxyl groups is 1. The van der Waals surface area contributed by atoms with Crippen LogP contribution < -0.4 is 9.64 Å². The fourth-order valence-electron chi connectivity index (χ4n) is 4.68. The zero-order valence-electron chi connectivity index (χ0n) is 21.3. The molecule has 1 atom stereocenters. The van der Waals surface area contributed by atoms with Gasteiger partial charge in [-0.2, -0.15) is 0 Å². The summed E-state index contributed by atoms with van der Waals surface area (Å²) in [7, 11) is 0. The van der Waals surface area contributed by atoms with Gasteiger partial charge in [-0.05, 0) is 79.4 Å². The number of halogens is 1. The maximum Gasteiger partial charge on any atom is 0.301 e. The summed E-state index contributed by atoms with van der Waals surface area (Å²) < 4.78 is 6.84. The first-order valence-corrected chi connectivity index (χ1v) is 13.7. The van der Waals surface area contributed by atoms with Crippen LogP contribution in [0.5, 0.6) is 5.75 Å². The van der Waals surface area contributed by atoms with Crippen LogP contribution in [0.4, 0.5) is 5.13 Å². The number of hydrogen-bond acceptors (Lipinski definition) is 6. The molecule has 4 aromatic rings. The largest absolute Gasteiger partial charge is 0.507 e. The van der Waals surface area contributed by atoms with Crippen molar-refractivity contribution in [3.63, 3.8) is 0 Å². The van der Waals surface area contributed by atoms with Gasteiger partial charge in [-0.25, -0.2) is 4.98 Å². The first-order valence-electron chi connectivity index (χ1n) is 12.5. The van der Waals surface area contributed by atoms with Crippen molar-refractivity contribution >= 4 is 55.7 Å². The second-order valence-electron chi connectivity index (χ2n) is 9.38. The van der Waals surface area contributed by atoms with Gasteiger partial charge in [0.15, 0.2) is 5.13 Å². The summed E-state index contributed by atoms with van der Waals surface area (Å²) in [5.74, 6) is -1.15. The number of rotatable bonds is 7. The Balaban J connectivity index is 1.69. The fraction of sp³-hybridized carbons (Fsp3) is 0.233. The van der Waals surface area contributed by atoms with Crippen molar-refractivity contribution < 1.29 is 19.4 Å². The number of nitrogens with zero attached hydrogens (tertiary/aromatic N) is 2. The second-order valence-corrected chi connectivity index (χ2v) is 10.8. The number of ketones is 1. The van der Waals surface area contributed by atoms with E-state index in [2.05, 4.69) is 6.92 Å². The molecule has 2 heterocycles. The van der Waals surface area contributed by atoms with Gasteiger partial charge < -0.3 is 9.84 Å². The molecule has 8 heteroatoms. The number of Topliss-reactive ketones (excluding diaryl/α,β-unsaturated/α-hetero) is 1. The summed E-state index contributed by atoms with van der Waals surface area (Å²) in [6, 6.07) is 17.0. The van der Waals surface area contributed by atoms with E-state index in [4.69, 9.17) is 21.3 Å². The van der Waals surface area contributed by atoms with Crippen LogP contribution in [-0.4, -0.2) is 28.4 Å². The number of carbonyl (C=O) groups excluding carboxylic acids is 2. The molecular formula is C30H27ClN2O4S. The number of anilines is 1. The number of carbonyl (C=O) groups is 2. The predicted octanol–water partition coefficient (Wildman–Crippen LogP) is 7.37. The number of ether oxygens (including phenoxy) is 1. The molecule has 0 spiro atoms. The van der Waals surface area contributed by atoms with Gasteiger partial charge in [-0.15, -0.1) is 0 Å². The normalized spacial score (nSPS) is 16.9. The van der Waals surface area contributed by atoms with Crippen LogP contribution in [0.25, 0.3) is 16.0 Å². The van der Waals surface area contributed by atoms with Crippen LogP contribution in [0, 0.1) is 13.8 Å². The van der Waals surface area contributed by atoms with E-state index in [9.17, 15) is 14.7 Å². The number of amides is 1. The van der Waals surface area contributed by atoms with Gasteiger partial charge in [-0.3, -0.25) is 14.5 Å². The lowest BCUT2D eigenvalue weighted by atomic mass is 9.95. The van der Waals surface area contributed by atoms with Crippen LogP contribution >= 0.6 is 22.9 Å². The van der Waals surface area contributed by atoms with E-state index in [-0.39, 0.29) is 11.3 Å². The zero-order chi connectivity index (χ0) is 27.0. The minimum Gasteiger partial charge on any atom is -0.507 e. The monoisotopic (exact) mass is 546 g/mol. The lowest BCUT2D eigenvalue weighted by Gasteiger charge is -2.23. The van der Waals surface area contributed by atoms with Crippen molar-refractivity contribution in [2.75, 3.05) is 11.5 Å². The van der Waals surface area contributed by atoms with Gasteiger partial charge in [0.1, 0.15) is 11.5 Å². The Labute approximate surface area is 230 Å². The maximum atomic E-state index is 13.6. The summed E-state index contributed by atoms with van der Waals surface area (Å²) in [5, 5.41) is 12.2. The maximum absolute atomic E-state index is 13.6. The highest BCUT2D eigenvalue weighted by atomic mass is 35.5. The molecule has 0 bridgehead atoms. The van der Waals surface area contributed by atoms with Gasteiger partial charge in [0, 0.05) is 10.6 Å². The third-order valence-electron chi connectivity index (χ3n) is 6.53. The Morgan fingerprint density at radius 3 is 2.61 bits per heavy atom. The average Bonchev–Trinajstić information content (AvgIpc) is 3.43. The van der Waals surface area contributed by atoms with E-state index >= 15 is 0 Å². The standard InChI is InChI=1S/C30H27ClN2O4S/c1-4-5-13-37-22-8-6-7-20(16-22)26-24(27(34)19-9-11-21(31)12-10-19)28(35)29(36)33(26)30-32-25-18(3)14-17(2)15-23(25)38-30/h6-12,14-16,26,34H,4-5,13H2,1-3H3/b27-24+. The van der Waals surface area contributed by atoms with Crippen molar-refractivity contribution in [2.45, 2.75) is 39.7 Å². The molecule has 1 aliphatic heterocycles. The van der Waals surface area contributed by atoms with E-state index in [0.29, 0.717) is 33.6 Å². The highest BCUT2D eigenvalue weighted by molar-refractivity contribution is 7.22. The van der Waals surface area contributed by atoms with Crippen molar-refractivity contribution in [1.29, 1.82) is 0 Å². The smallest absolute Gasteiger partial charge is 0.301 e. The van der Waals surface area contributed by atoms with E-state index in [0.717, 1.165) is 34.2 Å². The number of aromatic nitrogens is 1. The Morgan fingerprint density at radius 2 is 1.87 bits per heavy atom. The number of hydrogen-bond donors (Lipinski definition) is 1. The number of unbranched alkanes of at least 4 members (excludes halogenated alkanes) is 1. The van der Waals surface area contributed by atoms with Crippen molar-refractivity contribution in [2.24, 2.45) is 0 Å². The molecule has 1 N–H and O–H groups in total. The van der Waals surface area contributed by atoms with E-state index < -0.39 is 17.7 Å². The Bertz CT molecular complexity index is 1580. The van der Waals surface area contributed by atoms with Crippen LogP contribution in [0.3, 0.4) is 0 Å². The van der Waals surface area contributed by atoms with Gasteiger partial charge in [-0.1, -0.05) is 54.5 Å². The van der Waals surface area contributed by atoms with E-state index in [1.54, 1.807) is 24.3 Å². The molecular weight excluding hydrogens is 520 g/mol. The molecule has 1 unspecified atom stereocenters. The molecule has 1 aliphatic rings. The number of thiazole rings is 1. The summed E-state index contributed by atoms with van der Waals surface area (Å²) in [4.78, 5) is 33.2. The predicted molar refractivity (Wildman–Crippen MR) is 152 cm³/mol.